The van der Waals surface area contributed by atoms with Crippen molar-refractivity contribution in [1.29, 1.82) is 0 Å². The molecule has 0 aliphatic heterocycles. The number of hydrogen-bond acceptors (Lipinski definition) is 4. The van der Waals surface area contributed by atoms with Crippen LogP contribution in [-0.2, 0) is 19.7 Å². The van der Waals surface area contributed by atoms with E-state index in [4.69, 9.17) is 0 Å². The fourth-order valence-corrected chi connectivity index (χ4v) is 3.29. The van der Waals surface area contributed by atoms with Crippen molar-refractivity contribution >= 4 is 29.2 Å². The summed E-state index contributed by atoms with van der Waals surface area (Å²) in [5.41, 5.74) is 2.73. The number of carbonyl (C=O) groups excluding carboxylic acids is 3. The SMILES string of the molecule is COC(=O)c1ccc(NC(=O)C2CC2C(=O)Nc2ccccc2C(C)(C)C)cc1. The van der Waals surface area contributed by atoms with E-state index in [1.807, 2.05) is 24.3 Å². The van der Waals surface area contributed by atoms with Crippen molar-refractivity contribution in [3.8, 4) is 0 Å². The number of para-hydroxylation sites is 1. The van der Waals surface area contributed by atoms with Crippen LogP contribution in [0.2, 0.25) is 0 Å². The highest BCUT2D eigenvalue weighted by Gasteiger charge is 2.48. The minimum Gasteiger partial charge on any atom is -0.465 e. The highest BCUT2D eigenvalue weighted by molar-refractivity contribution is 6.03. The molecule has 2 aromatic carbocycles. The van der Waals surface area contributed by atoms with E-state index in [0.29, 0.717) is 17.7 Å². The van der Waals surface area contributed by atoms with Gasteiger partial charge in [0, 0.05) is 11.4 Å². The van der Waals surface area contributed by atoms with Crippen LogP contribution < -0.4 is 10.6 Å². The van der Waals surface area contributed by atoms with Crippen LogP contribution in [0.25, 0.3) is 0 Å². The van der Waals surface area contributed by atoms with Crippen molar-refractivity contribution in [2.75, 3.05) is 17.7 Å². The second kappa shape index (κ2) is 8.07. The maximum absolute atomic E-state index is 12.6. The molecule has 1 saturated carbocycles. The van der Waals surface area contributed by atoms with Gasteiger partial charge in [0.15, 0.2) is 0 Å². The summed E-state index contributed by atoms with van der Waals surface area (Å²) in [4.78, 5) is 36.6. The summed E-state index contributed by atoms with van der Waals surface area (Å²) < 4.78 is 4.65. The van der Waals surface area contributed by atoms with Gasteiger partial charge in [0.2, 0.25) is 11.8 Å². The van der Waals surface area contributed by atoms with Gasteiger partial charge in [-0.3, -0.25) is 9.59 Å². The molecule has 2 atom stereocenters. The Balaban J connectivity index is 1.59. The van der Waals surface area contributed by atoms with Crippen LogP contribution in [0, 0.1) is 11.8 Å². The Hall–Kier alpha value is -3.15. The van der Waals surface area contributed by atoms with Crippen molar-refractivity contribution in [2.45, 2.75) is 32.6 Å². The van der Waals surface area contributed by atoms with E-state index in [-0.39, 0.29) is 29.1 Å². The van der Waals surface area contributed by atoms with E-state index < -0.39 is 5.97 Å². The lowest BCUT2D eigenvalue weighted by molar-refractivity contribution is -0.122. The molecule has 3 rings (SSSR count). The van der Waals surface area contributed by atoms with E-state index in [1.54, 1.807) is 24.3 Å². The molecule has 0 spiro atoms. The van der Waals surface area contributed by atoms with Crippen LogP contribution in [-0.4, -0.2) is 24.9 Å². The van der Waals surface area contributed by atoms with Crippen molar-refractivity contribution < 1.29 is 19.1 Å². The maximum atomic E-state index is 12.6. The summed E-state index contributed by atoms with van der Waals surface area (Å²) in [5.74, 6) is -1.45. The molecule has 0 bridgehead atoms. The van der Waals surface area contributed by atoms with Gasteiger partial charge in [0.05, 0.1) is 24.5 Å². The van der Waals surface area contributed by atoms with Gasteiger partial charge < -0.3 is 15.4 Å². The molecular weight excluding hydrogens is 368 g/mol. The van der Waals surface area contributed by atoms with Gasteiger partial charge in [-0.1, -0.05) is 39.0 Å². The van der Waals surface area contributed by atoms with Gasteiger partial charge >= 0.3 is 5.97 Å². The molecule has 1 fully saturated rings. The van der Waals surface area contributed by atoms with Crippen LogP contribution in [0.4, 0.5) is 11.4 Å². The highest BCUT2D eigenvalue weighted by atomic mass is 16.5. The molecule has 0 aromatic heterocycles. The molecular formula is C23H26N2O4. The van der Waals surface area contributed by atoms with Gasteiger partial charge in [-0.25, -0.2) is 4.79 Å². The Kier molecular flexibility index (Phi) is 5.73. The number of carbonyl (C=O) groups is 3. The lowest BCUT2D eigenvalue weighted by atomic mass is 9.86. The zero-order valence-corrected chi connectivity index (χ0v) is 17.1. The van der Waals surface area contributed by atoms with Gasteiger partial charge in [0.25, 0.3) is 0 Å². The molecule has 2 unspecified atom stereocenters. The number of anilines is 2. The smallest absolute Gasteiger partial charge is 0.337 e. The zero-order valence-electron chi connectivity index (χ0n) is 17.1. The quantitative estimate of drug-likeness (QED) is 0.751. The molecule has 6 heteroatoms. The Morgan fingerprint density at radius 1 is 0.897 bits per heavy atom. The monoisotopic (exact) mass is 394 g/mol. The Morgan fingerprint density at radius 3 is 2.07 bits per heavy atom. The largest absolute Gasteiger partial charge is 0.465 e. The highest BCUT2D eigenvalue weighted by Crippen LogP contribution is 2.41. The minimum atomic E-state index is -0.433. The second-order valence-corrected chi connectivity index (χ2v) is 8.29. The maximum Gasteiger partial charge on any atom is 0.337 e. The number of amides is 2. The first-order valence-electron chi connectivity index (χ1n) is 9.60. The summed E-state index contributed by atoms with van der Waals surface area (Å²) >= 11 is 0. The first-order valence-corrected chi connectivity index (χ1v) is 9.60. The average Bonchev–Trinajstić information content (AvgIpc) is 3.49. The molecule has 29 heavy (non-hydrogen) atoms. The van der Waals surface area contributed by atoms with Gasteiger partial charge in [-0.05, 0) is 47.7 Å². The van der Waals surface area contributed by atoms with Crippen LogP contribution in [0.1, 0.15) is 43.1 Å². The molecule has 6 nitrogen and oxygen atoms in total. The molecule has 0 heterocycles. The van der Waals surface area contributed by atoms with E-state index in [0.717, 1.165) is 11.3 Å². The molecule has 1 aliphatic rings. The first-order chi connectivity index (χ1) is 13.7. The average molecular weight is 394 g/mol. The third-order valence-corrected chi connectivity index (χ3v) is 5.03. The van der Waals surface area contributed by atoms with E-state index in [9.17, 15) is 14.4 Å². The topological polar surface area (TPSA) is 84.5 Å². The molecule has 2 N–H and O–H groups in total. The van der Waals surface area contributed by atoms with Crippen molar-refractivity contribution in [3.05, 3.63) is 59.7 Å². The number of rotatable bonds is 5. The van der Waals surface area contributed by atoms with Gasteiger partial charge in [0.1, 0.15) is 0 Å². The Labute approximate surface area is 170 Å². The van der Waals surface area contributed by atoms with E-state index in [2.05, 4.69) is 36.1 Å². The van der Waals surface area contributed by atoms with E-state index >= 15 is 0 Å². The number of ether oxygens (including phenoxy) is 1. The number of esters is 1. The number of benzene rings is 2. The molecule has 0 saturated heterocycles. The number of nitrogens with one attached hydrogen (secondary N) is 2. The summed E-state index contributed by atoms with van der Waals surface area (Å²) in [6.07, 6.45) is 0.523. The third-order valence-electron chi connectivity index (χ3n) is 5.03. The molecule has 2 amide bonds. The van der Waals surface area contributed by atoms with Gasteiger partial charge in [-0.2, -0.15) is 0 Å². The summed E-state index contributed by atoms with van der Waals surface area (Å²) in [5, 5.41) is 5.79. The minimum absolute atomic E-state index is 0.0967. The van der Waals surface area contributed by atoms with Crippen LogP contribution in [0.15, 0.2) is 48.5 Å². The Morgan fingerprint density at radius 2 is 1.48 bits per heavy atom. The first kappa shape index (κ1) is 20.6. The molecule has 1 aliphatic carbocycles. The van der Waals surface area contributed by atoms with Gasteiger partial charge in [-0.15, -0.1) is 0 Å². The predicted molar refractivity (Wildman–Crippen MR) is 112 cm³/mol. The lowest BCUT2D eigenvalue weighted by Crippen LogP contribution is -2.22. The Bertz CT molecular complexity index is 929. The number of hydrogen-bond donors (Lipinski definition) is 2. The summed E-state index contributed by atoms with van der Waals surface area (Å²) in [7, 11) is 1.32. The fourth-order valence-electron chi connectivity index (χ4n) is 3.29. The van der Waals surface area contributed by atoms with Crippen LogP contribution >= 0.6 is 0 Å². The van der Waals surface area contributed by atoms with Crippen molar-refractivity contribution in [2.24, 2.45) is 11.8 Å². The van der Waals surface area contributed by atoms with Crippen LogP contribution in [0.5, 0.6) is 0 Å². The van der Waals surface area contributed by atoms with Crippen molar-refractivity contribution in [3.63, 3.8) is 0 Å². The predicted octanol–water partition coefficient (Wildman–Crippen LogP) is 3.98. The summed E-state index contributed by atoms with van der Waals surface area (Å²) in [6, 6.07) is 14.2. The van der Waals surface area contributed by atoms with Crippen molar-refractivity contribution in [1.82, 2.24) is 0 Å². The third kappa shape index (κ3) is 4.83. The summed E-state index contributed by atoms with van der Waals surface area (Å²) in [6.45, 7) is 6.28. The zero-order chi connectivity index (χ0) is 21.2. The normalized spacial score (nSPS) is 17.9. The number of methoxy groups -OCH3 is 1. The molecule has 0 radical (unpaired) electrons. The molecule has 2 aromatic rings. The molecule has 152 valence electrons. The fraction of sp³-hybridized carbons (Fsp3) is 0.348. The standard InChI is InChI=1S/C23H26N2O4/c1-23(2,3)18-7-5-6-8-19(18)25-21(27)17-13-16(17)20(26)24-15-11-9-14(10-12-15)22(28)29-4/h5-12,16-17H,13H2,1-4H3,(H,24,26)(H,25,27). The van der Waals surface area contributed by atoms with E-state index in [1.165, 1.54) is 7.11 Å². The lowest BCUT2D eigenvalue weighted by Gasteiger charge is -2.23. The second-order valence-electron chi connectivity index (χ2n) is 8.29. The van der Waals surface area contributed by atoms with Crippen LogP contribution in [0.3, 0.4) is 0 Å².